The molecule has 3 rings (SSSR count). The van der Waals surface area contributed by atoms with Gasteiger partial charge in [0.1, 0.15) is 35.1 Å². The predicted octanol–water partition coefficient (Wildman–Crippen LogP) is 2.32. The molecular formula is C42H81N3O12. The molecule has 7 N–H and O–H groups in total. The molecule has 0 unspecified atom stereocenters. The van der Waals surface area contributed by atoms with Crippen molar-refractivity contribution < 1.29 is 58.7 Å². The number of hydrogen-bond donors (Lipinski definition) is 7. The van der Waals surface area contributed by atoms with Gasteiger partial charge in [-0.05, 0) is 107 Å². The van der Waals surface area contributed by atoms with Gasteiger partial charge < -0.3 is 69.5 Å². The fourth-order valence-corrected chi connectivity index (χ4v) is 9.33. The van der Waals surface area contributed by atoms with Crippen LogP contribution in [0.3, 0.4) is 0 Å². The van der Waals surface area contributed by atoms with Crippen molar-refractivity contribution in [3.63, 3.8) is 0 Å². The van der Waals surface area contributed by atoms with Gasteiger partial charge in [0.25, 0.3) is 0 Å². The van der Waals surface area contributed by atoms with Gasteiger partial charge in [-0.3, -0.25) is 4.79 Å². The Morgan fingerprint density at radius 3 is 2.19 bits per heavy atom. The lowest BCUT2D eigenvalue weighted by molar-refractivity contribution is -0.336. The summed E-state index contributed by atoms with van der Waals surface area (Å²) in [6.45, 7) is 21.0. The molecular weight excluding hydrogens is 738 g/mol. The molecule has 0 aliphatic carbocycles. The molecule has 57 heavy (non-hydrogen) atoms. The molecule has 3 aliphatic rings. The fraction of sp³-hybridized carbons (Fsp3) is 0.976. The van der Waals surface area contributed by atoms with E-state index in [-0.39, 0.29) is 43.9 Å². The van der Waals surface area contributed by atoms with Crippen LogP contribution in [-0.4, -0.2) is 167 Å². The van der Waals surface area contributed by atoms with E-state index in [1.54, 1.807) is 41.7 Å². The van der Waals surface area contributed by atoms with Crippen molar-refractivity contribution in [1.29, 1.82) is 0 Å². The zero-order valence-corrected chi connectivity index (χ0v) is 37.5. The quantitative estimate of drug-likeness (QED) is 0.112. The number of aliphatic hydroxyl groups is 5. The smallest absolute Gasteiger partial charge is 0.311 e. The minimum Gasteiger partial charge on any atom is -0.459 e. The highest BCUT2D eigenvalue weighted by molar-refractivity contribution is 5.73. The summed E-state index contributed by atoms with van der Waals surface area (Å²) in [5, 5.41) is 66.0. The Morgan fingerprint density at radius 1 is 0.965 bits per heavy atom. The molecule has 0 bridgehead atoms. The second-order valence-corrected chi connectivity index (χ2v) is 18.5. The highest BCUT2D eigenvalue weighted by Gasteiger charge is 2.58. The number of methoxy groups -OCH3 is 1. The minimum atomic E-state index is -1.81. The van der Waals surface area contributed by atoms with Gasteiger partial charge in [-0.25, -0.2) is 0 Å². The average Bonchev–Trinajstić information content (AvgIpc) is 3.14. The van der Waals surface area contributed by atoms with Crippen LogP contribution in [0, 0.1) is 17.8 Å². The lowest BCUT2D eigenvalue weighted by Crippen LogP contribution is -2.70. The third-order valence-electron chi connectivity index (χ3n) is 13.3. The van der Waals surface area contributed by atoms with Crippen molar-refractivity contribution in [2.45, 2.75) is 204 Å². The van der Waals surface area contributed by atoms with Crippen LogP contribution in [-0.2, 0) is 33.2 Å². The largest absolute Gasteiger partial charge is 0.459 e. The van der Waals surface area contributed by atoms with Crippen molar-refractivity contribution in [2.24, 2.45) is 17.8 Å². The molecule has 336 valence electrons. The second kappa shape index (κ2) is 20.7. The van der Waals surface area contributed by atoms with Crippen LogP contribution >= 0.6 is 0 Å². The first-order valence-electron chi connectivity index (χ1n) is 21.4. The molecule has 15 nitrogen and oxygen atoms in total. The molecule has 0 aromatic carbocycles. The first-order valence-corrected chi connectivity index (χ1v) is 21.4. The van der Waals surface area contributed by atoms with E-state index >= 15 is 0 Å². The molecule has 0 aromatic rings. The molecule has 0 spiro atoms. The molecule has 3 fully saturated rings. The van der Waals surface area contributed by atoms with Gasteiger partial charge in [-0.1, -0.05) is 34.1 Å². The number of unbranched alkanes of at least 4 members (excludes halogenated alkanes) is 1. The third-order valence-corrected chi connectivity index (χ3v) is 13.3. The minimum absolute atomic E-state index is 0.0955. The van der Waals surface area contributed by atoms with Gasteiger partial charge in [0.15, 0.2) is 12.6 Å². The summed E-state index contributed by atoms with van der Waals surface area (Å²) in [6, 6.07) is -0.878. The normalized spacial score (nSPS) is 47.3. The molecule has 15 heteroatoms. The standard InChI is InChI=1S/C42H81N3O12/c1-15-17-18-43-23-42(51)29(8)54-32(21-40(42,10)52-14)56-34-26(5)36(57-38-33(46)30(45(12)13)19-25(4)53-38)39(9,49)20-24(3)22-44-28(7)35(47)41(11,50)31(16-2)55-37(48)27(34)6/h24-36,38,43-44,46-47,49-51H,15-23H2,1-14H3/t24-,25-,26+,27-,28-,29+,30+,31-,32+,33-,34+,35-,36-,38+,39-,40-,41-,42-/m1/s1. The maximum absolute atomic E-state index is 14.3. The summed E-state index contributed by atoms with van der Waals surface area (Å²) in [4.78, 5) is 16.3. The van der Waals surface area contributed by atoms with Crippen molar-refractivity contribution in [1.82, 2.24) is 15.5 Å². The second-order valence-electron chi connectivity index (χ2n) is 18.5. The number of esters is 1. The number of rotatable bonds is 12. The van der Waals surface area contributed by atoms with E-state index in [0.29, 0.717) is 13.0 Å². The fourth-order valence-electron chi connectivity index (χ4n) is 9.33. The van der Waals surface area contributed by atoms with Gasteiger partial charge in [0, 0.05) is 38.1 Å². The summed E-state index contributed by atoms with van der Waals surface area (Å²) >= 11 is 0. The lowest BCUT2D eigenvalue weighted by atomic mass is 9.75. The highest BCUT2D eigenvalue weighted by Crippen LogP contribution is 2.43. The Hall–Kier alpha value is -1.05. The summed E-state index contributed by atoms with van der Waals surface area (Å²) < 4.78 is 38.4. The molecule has 0 radical (unpaired) electrons. The number of hydrogen-bond acceptors (Lipinski definition) is 15. The summed E-state index contributed by atoms with van der Waals surface area (Å²) in [6.07, 6.45) is -5.64. The van der Waals surface area contributed by atoms with Crippen LogP contribution in [0.25, 0.3) is 0 Å². The van der Waals surface area contributed by atoms with Crippen LogP contribution < -0.4 is 10.6 Å². The Morgan fingerprint density at radius 2 is 1.61 bits per heavy atom. The number of ether oxygens (including phenoxy) is 6. The number of nitrogens with one attached hydrogen (secondary N) is 2. The van der Waals surface area contributed by atoms with E-state index < -0.39 is 95.5 Å². The number of carbonyl (C=O) groups excluding carboxylic acids is 1. The zero-order valence-electron chi connectivity index (χ0n) is 37.5. The van der Waals surface area contributed by atoms with Crippen LogP contribution in [0.4, 0.5) is 0 Å². The molecule has 0 saturated carbocycles. The number of cyclic esters (lactones) is 1. The molecule has 3 aliphatic heterocycles. The molecule has 0 aromatic heterocycles. The maximum Gasteiger partial charge on any atom is 0.311 e. The first kappa shape index (κ1) is 50.3. The summed E-state index contributed by atoms with van der Waals surface area (Å²) in [5.41, 5.74) is -5.96. The van der Waals surface area contributed by atoms with Crippen LogP contribution in [0.2, 0.25) is 0 Å². The number of aliphatic hydroxyl groups excluding tert-OH is 2. The molecule has 3 saturated heterocycles. The van der Waals surface area contributed by atoms with Gasteiger partial charge in [-0.2, -0.15) is 0 Å². The van der Waals surface area contributed by atoms with E-state index in [9.17, 15) is 30.3 Å². The zero-order chi connectivity index (χ0) is 43.3. The topological polar surface area (TPSA) is 201 Å². The van der Waals surface area contributed by atoms with Crippen molar-refractivity contribution in [3.05, 3.63) is 0 Å². The van der Waals surface area contributed by atoms with Crippen molar-refractivity contribution in [3.8, 4) is 0 Å². The number of likely N-dealkylation sites (N-methyl/N-ethyl adjacent to an activating group) is 1. The first-order chi connectivity index (χ1) is 26.4. The van der Waals surface area contributed by atoms with E-state index in [0.717, 1.165) is 19.4 Å². The Balaban J connectivity index is 2.15. The lowest BCUT2D eigenvalue weighted by Gasteiger charge is -2.53. The summed E-state index contributed by atoms with van der Waals surface area (Å²) in [5.74, 6) is -2.66. The van der Waals surface area contributed by atoms with Crippen molar-refractivity contribution in [2.75, 3.05) is 40.8 Å². The van der Waals surface area contributed by atoms with E-state index in [1.165, 1.54) is 6.92 Å². The van der Waals surface area contributed by atoms with E-state index in [2.05, 4.69) is 17.6 Å². The number of carbonyl (C=O) groups is 1. The Labute approximate surface area is 342 Å². The third kappa shape index (κ3) is 11.7. The predicted molar refractivity (Wildman–Crippen MR) is 216 cm³/mol. The van der Waals surface area contributed by atoms with Gasteiger partial charge in [0.2, 0.25) is 0 Å². The average molecular weight is 820 g/mol. The maximum atomic E-state index is 14.3. The van der Waals surface area contributed by atoms with Gasteiger partial charge >= 0.3 is 5.97 Å². The van der Waals surface area contributed by atoms with Gasteiger partial charge in [0.05, 0.1) is 35.9 Å². The Bertz CT molecular complexity index is 1240. The Kier molecular flexibility index (Phi) is 18.2. The van der Waals surface area contributed by atoms with Crippen LogP contribution in [0.5, 0.6) is 0 Å². The highest BCUT2D eigenvalue weighted by atomic mass is 16.7. The van der Waals surface area contributed by atoms with E-state index in [4.69, 9.17) is 28.4 Å². The monoisotopic (exact) mass is 820 g/mol. The van der Waals surface area contributed by atoms with E-state index in [1.807, 2.05) is 46.7 Å². The molecule has 0 amide bonds. The van der Waals surface area contributed by atoms with Crippen LogP contribution in [0.15, 0.2) is 0 Å². The van der Waals surface area contributed by atoms with Crippen LogP contribution in [0.1, 0.15) is 115 Å². The molecule has 18 atom stereocenters. The number of nitrogens with zero attached hydrogens (tertiary/aromatic N) is 1. The van der Waals surface area contributed by atoms with Gasteiger partial charge in [-0.15, -0.1) is 0 Å². The van der Waals surface area contributed by atoms with Crippen molar-refractivity contribution >= 4 is 5.97 Å². The molecule has 3 heterocycles. The summed E-state index contributed by atoms with van der Waals surface area (Å²) in [7, 11) is 5.31. The SMILES string of the molecule is CCCCNC[C@@]1(O)[C@H](C)O[C@@H](O[C@H]2[C@H](C)[C@@H](O[C@@H]3O[C@H](C)C[C@H](N(C)C)[C@H]3O)[C@](C)(O)C[C@@H](C)CN[C@H](C)[C@@H](O)[C@](C)(O)[C@@H](CC)OC(=O)[C@@H]2C)C[C@@]1(C)OC.